The average molecular weight is 238 g/mol. The highest BCUT2D eigenvalue weighted by molar-refractivity contribution is 5.07. The summed E-state index contributed by atoms with van der Waals surface area (Å²) in [6, 6.07) is 2.32. The quantitative estimate of drug-likeness (QED) is 0.793. The molecule has 0 aliphatic carbocycles. The molecule has 3 heterocycles. The molecule has 0 aromatic carbocycles. The standard InChI is InChI=1S/C14H26N2O/c1-10-14(2,6-7-17-10)16-12-4-5-13(16)9-11(8-12)15-3/h10-13,15H,4-9H2,1-3H3. The van der Waals surface area contributed by atoms with Crippen molar-refractivity contribution < 1.29 is 4.74 Å². The minimum Gasteiger partial charge on any atom is -0.377 e. The van der Waals surface area contributed by atoms with Crippen LogP contribution in [0.5, 0.6) is 0 Å². The molecule has 0 aromatic rings. The van der Waals surface area contributed by atoms with Gasteiger partial charge >= 0.3 is 0 Å². The largest absolute Gasteiger partial charge is 0.377 e. The Balaban J connectivity index is 1.81. The van der Waals surface area contributed by atoms with Crippen LogP contribution in [0.15, 0.2) is 0 Å². The van der Waals surface area contributed by atoms with Crippen molar-refractivity contribution in [3.05, 3.63) is 0 Å². The average Bonchev–Trinajstić information content (AvgIpc) is 2.79. The number of nitrogens with zero attached hydrogens (tertiary/aromatic N) is 1. The number of fused-ring (bicyclic) bond motifs is 2. The van der Waals surface area contributed by atoms with E-state index in [4.69, 9.17) is 4.74 Å². The molecule has 3 fully saturated rings. The van der Waals surface area contributed by atoms with Gasteiger partial charge in [0.05, 0.1) is 6.10 Å². The van der Waals surface area contributed by atoms with Crippen LogP contribution in [-0.4, -0.2) is 48.3 Å². The molecule has 0 amide bonds. The summed E-state index contributed by atoms with van der Waals surface area (Å²) in [5, 5.41) is 3.48. The van der Waals surface area contributed by atoms with Crippen molar-refractivity contribution >= 4 is 0 Å². The first-order valence-corrected chi connectivity index (χ1v) is 7.22. The van der Waals surface area contributed by atoms with Crippen molar-refractivity contribution in [3.63, 3.8) is 0 Å². The molecule has 0 spiro atoms. The number of nitrogens with one attached hydrogen (secondary N) is 1. The fraction of sp³-hybridized carbons (Fsp3) is 1.00. The SMILES string of the molecule is CNC1CC2CCC(C1)N2C1(C)CCOC1C. The third-order valence-corrected chi connectivity index (χ3v) is 5.58. The predicted octanol–water partition coefficient (Wildman–Crippen LogP) is 1.77. The second-order valence-corrected chi connectivity index (χ2v) is 6.37. The summed E-state index contributed by atoms with van der Waals surface area (Å²) in [7, 11) is 2.11. The molecular weight excluding hydrogens is 212 g/mol. The second-order valence-electron chi connectivity index (χ2n) is 6.37. The van der Waals surface area contributed by atoms with Crippen LogP contribution < -0.4 is 5.32 Å². The van der Waals surface area contributed by atoms with Gasteiger partial charge in [-0.2, -0.15) is 0 Å². The van der Waals surface area contributed by atoms with E-state index in [9.17, 15) is 0 Å². The van der Waals surface area contributed by atoms with Gasteiger partial charge in [0, 0.05) is 30.3 Å². The molecule has 4 unspecified atom stereocenters. The summed E-state index contributed by atoms with van der Waals surface area (Å²) in [4.78, 5) is 2.83. The van der Waals surface area contributed by atoms with Crippen LogP contribution in [0, 0.1) is 0 Å². The Morgan fingerprint density at radius 1 is 1.24 bits per heavy atom. The Morgan fingerprint density at radius 3 is 2.35 bits per heavy atom. The zero-order valence-electron chi connectivity index (χ0n) is 11.4. The Kier molecular flexibility index (Phi) is 2.96. The summed E-state index contributed by atoms with van der Waals surface area (Å²) >= 11 is 0. The maximum atomic E-state index is 5.84. The van der Waals surface area contributed by atoms with E-state index in [2.05, 4.69) is 31.1 Å². The molecule has 17 heavy (non-hydrogen) atoms. The summed E-state index contributed by atoms with van der Waals surface area (Å²) in [5.41, 5.74) is 0.296. The second kappa shape index (κ2) is 4.22. The lowest BCUT2D eigenvalue weighted by Gasteiger charge is -2.49. The monoisotopic (exact) mass is 238 g/mol. The number of ether oxygens (including phenoxy) is 1. The van der Waals surface area contributed by atoms with Crippen LogP contribution in [-0.2, 0) is 4.74 Å². The van der Waals surface area contributed by atoms with Gasteiger partial charge in [0.1, 0.15) is 0 Å². The molecule has 3 saturated heterocycles. The van der Waals surface area contributed by atoms with E-state index in [1.54, 1.807) is 0 Å². The molecule has 2 bridgehead atoms. The van der Waals surface area contributed by atoms with Crippen LogP contribution in [0.1, 0.15) is 46.0 Å². The topological polar surface area (TPSA) is 24.5 Å². The molecule has 3 heteroatoms. The highest BCUT2D eigenvalue weighted by atomic mass is 16.5. The van der Waals surface area contributed by atoms with Crippen LogP contribution in [0.3, 0.4) is 0 Å². The number of hydrogen-bond donors (Lipinski definition) is 1. The predicted molar refractivity (Wildman–Crippen MR) is 69.2 cm³/mol. The third kappa shape index (κ3) is 1.74. The Hall–Kier alpha value is -0.120. The molecule has 3 rings (SSSR count). The highest BCUT2D eigenvalue weighted by Crippen LogP contribution is 2.45. The molecule has 3 aliphatic heterocycles. The normalized spacial score (nSPS) is 51.0. The van der Waals surface area contributed by atoms with Crippen molar-refractivity contribution in [1.82, 2.24) is 10.2 Å². The maximum Gasteiger partial charge on any atom is 0.0729 e. The molecule has 0 radical (unpaired) electrons. The minimum absolute atomic E-state index is 0.296. The molecule has 0 saturated carbocycles. The van der Waals surface area contributed by atoms with Crippen molar-refractivity contribution in [2.24, 2.45) is 0 Å². The number of piperidine rings is 1. The molecule has 3 nitrogen and oxygen atoms in total. The summed E-state index contributed by atoms with van der Waals surface area (Å²) in [5.74, 6) is 0. The van der Waals surface area contributed by atoms with Crippen molar-refractivity contribution in [2.75, 3.05) is 13.7 Å². The summed E-state index contributed by atoms with van der Waals surface area (Å²) in [6.45, 7) is 5.63. The van der Waals surface area contributed by atoms with Gasteiger partial charge in [-0.25, -0.2) is 0 Å². The van der Waals surface area contributed by atoms with Crippen molar-refractivity contribution in [2.45, 2.75) is 75.7 Å². The Morgan fingerprint density at radius 2 is 1.88 bits per heavy atom. The van der Waals surface area contributed by atoms with E-state index in [1.165, 1.54) is 32.1 Å². The lowest BCUT2D eigenvalue weighted by Crippen LogP contribution is -2.60. The van der Waals surface area contributed by atoms with Gasteiger partial charge in [-0.15, -0.1) is 0 Å². The van der Waals surface area contributed by atoms with Crippen LogP contribution in [0.4, 0.5) is 0 Å². The van der Waals surface area contributed by atoms with Gasteiger partial charge in [0.2, 0.25) is 0 Å². The van der Waals surface area contributed by atoms with E-state index >= 15 is 0 Å². The number of rotatable bonds is 2. The molecule has 98 valence electrons. The fourth-order valence-electron chi connectivity index (χ4n) is 4.41. The highest BCUT2D eigenvalue weighted by Gasteiger charge is 2.52. The Bertz CT molecular complexity index is 282. The van der Waals surface area contributed by atoms with Crippen LogP contribution >= 0.6 is 0 Å². The van der Waals surface area contributed by atoms with E-state index in [1.807, 2.05) is 0 Å². The Labute approximate surface area is 105 Å². The molecule has 4 atom stereocenters. The van der Waals surface area contributed by atoms with E-state index in [-0.39, 0.29) is 0 Å². The van der Waals surface area contributed by atoms with E-state index in [0.717, 1.165) is 24.7 Å². The first-order chi connectivity index (χ1) is 8.15. The van der Waals surface area contributed by atoms with Gasteiger partial charge in [-0.3, -0.25) is 4.90 Å². The summed E-state index contributed by atoms with van der Waals surface area (Å²) in [6.07, 6.45) is 7.06. The van der Waals surface area contributed by atoms with Crippen LogP contribution in [0.2, 0.25) is 0 Å². The van der Waals surface area contributed by atoms with E-state index < -0.39 is 0 Å². The van der Waals surface area contributed by atoms with Crippen molar-refractivity contribution in [3.8, 4) is 0 Å². The fourth-order valence-corrected chi connectivity index (χ4v) is 4.41. The molecule has 3 aliphatic rings. The smallest absolute Gasteiger partial charge is 0.0729 e. The first-order valence-electron chi connectivity index (χ1n) is 7.22. The number of hydrogen-bond acceptors (Lipinski definition) is 3. The molecular formula is C14H26N2O. The van der Waals surface area contributed by atoms with Gasteiger partial charge in [0.15, 0.2) is 0 Å². The summed E-state index contributed by atoms with van der Waals surface area (Å²) < 4.78 is 5.84. The van der Waals surface area contributed by atoms with E-state index in [0.29, 0.717) is 11.6 Å². The molecule has 1 N–H and O–H groups in total. The lowest BCUT2D eigenvalue weighted by atomic mass is 9.85. The first kappa shape index (κ1) is 11.9. The van der Waals surface area contributed by atoms with Gasteiger partial charge in [-0.05, 0) is 53.0 Å². The maximum absolute atomic E-state index is 5.84. The molecule has 0 aromatic heterocycles. The van der Waals surface area contributed by atoms with Crippen molar-refractivity contribution in [1.29, 1.82) is 0 Å². The third-order valence-electron chi connectivity index (χ3n) is 5.58. The van der Waals surface area contributed by atoms with Gasteiger partial charge in [0.25, 0.3) is 0 Å². The minimum atomic E-state index is 0.296. The lowest BCUT2D eigenvalue weighted by molar-refractivity contribution is -0.0310. The van der Waals surface area contributed by atoms with Crippen LogP contribution in [0.25, 0.3) is 0 Å². The zero-order valence-corrected chi connectivity index (χ0v) is 11.4. The zero-order chi connectivity index (χ0) is 12.0. The van der Waals surface area contributed by atoms with Gasteiger partial charge in [-0.1, -0.05) is 0 Å². The van der Waals surface area contributed by atoms with Gasteiger partial charge < -0.3 is 10.1 Å².